The van der Waals surface area contributed by atoms with Crippen LogP contribution in [0.1, 0.15) is 82.4 Å². The fraction of sp³-hybridized carbons (Fsp3) is 0.429. The quantitative estimate of drug-likeness (QED) is 0.550. The third kappa shape index (κ3) is 4.41. The minimum atomic E-state index is 0.0796. The number of ether oxygens (including phenoxy) is 1. The van der Waals surface area contributed by atoms with Crippen molar-refractivity contribution in [2.24, 2.45) is 0 Å². The van der Waals surface area contributed by atoms with Crippen molar-refractivity contribution in [3.8, 4) is 23.2 Å². The maximum Gasteiger partial charge on any atom is 0.254 e. The van der Waals surface area contributed by atoms with E-state index in [0.717, 1.165) is 46.7 Å². The molecule has 1 N–H and O–H groups in total. The molecule has 1 saturated carbocycles. The van der Waals surface area contributed by atoms with Crippen molar-refractivity contribution in [2.45, 2.75) is 57.8 Å². The minimum Gasteiger partial charge on any atom is -0.495 e. The number of hydrogen-bond acceptors (Lipinski definition) is 5. The number of hydrogen-bond donors (Lipinski definition) is 1. The number of rotatable bonds is 5. The Morgan fingerprint density at radius 3 is 2.46 bits per heavy atom. The van der Waals surface area contributed by atoms with E-state index in [0.29, 0.717) is 36.2 Å². The molecule has 2 aromatic carbocycles. The second kappa shape index (κ2) is 9.53. The van der Waals surface area contributed by atoms with E-state index in [4.69, 9.17) is 4.74 Å². The van der Waals surface area contributed by atoms with E-state index in [1.807, 2.05) is 43.0 Å². The highest BCUT2D eigenvalue weighted by molar-refractivity contribution is 5.97. The Morgan fingerprint density at radius 1 is 1.09 bits per heavy atom. The number of aromatic amines is 1. The molecule has 1 aliphatic heterocycles. The molecule has 3 aromatic rings. The Morgan fingerprint density at radius 2 is 1.86 bits per heavy atom. The van der Waals surface area contributed by atoms with Crippen LogP contribution in [0.15, 0.2) is 30.3 Å². The Kier molecular flexibility index (Phi) is 6.29. The Hall–Kier alpha value is -3.66. The summed E-state index contributed by atoms with van der Waals surface area (Å²) >= 11 is 0. The number of H-pyrrole nitrogens is 1. The molecule has 2 heterocycles. The molecule has 0 radical (unpaired) electrons. The molecule has 0 spiro atoms. The van der Waals surface area contributed by atoms with Gasteiger partial charge in [-0.05, 0) is 86.3 Å². The lowest BCUT2D eigenvalue weighted by Crippen LogP contribution is -2.38. The summed E-state index contributed by atoms with van der Waals surface area (Å²) in [5, 5.41) is 17.7. The van der Waals surface area contributed by atoms with Gasteiger partial charge < -0.3 is 14.6 Å². The molecule has 180 valence electrons. The highest BCUT2D eigenvalue weighted by atomic mass is 16.5. The van der Waals surface area contributed by atoms with Gasteiger partial charge in [0.1, 0.15) is 17.6 Å². The maximum atomic E-state index is 13.6. The van der Waals surface area contributed by atoms with Gasteiger partial charge in [-0.2, -0.15) is 5.26 Å². The first-order chi connectivity index (χ1) is 17.0. The largest absolute Gasteiger partial charge is 0.495 e. The van der Waals surface area contributed by atoms with Crippen LogP contribution in [0.4, 0.5) is 0 Å². The second-order valence-electron chi connectivity index (χ2n) is 9.78. The fourth-order valence-corrected chi connectivity index (χ4v) is 5.33. The van der Waals surface area contributed by atoms with Gasteiger partial charge in [-0.15, -0.1) is 10.2 Å². The zero-order chi connectivity index (χ0) is 24.5. The third-order valence-electron chi connectivity index (χ3n) is 7.63. The van der Waals surface area contributed by atoms with Crippen LogP contribution in [0.25, 0.3) is 11.4 Å². The Labute approximate surface area is 206 Å². The summed E-state index contributed by atoms with van der Waals surface area (Å²) in [7, 11) is 1.59. The first kappa shape index (κ1) is 23.1. The molecular formula is C28H31N5O2. The molecule has 2 fully saturated rings. The van der Waals surface area contributed by atoms with Crippen molar-refractivity contribution in [2.75, 3.05) is 20.2 Å². The molecule has 0 unspecified atom stereocenters. The van der Waals surface area contributed by atoms with Gasteiger partial charge in [0.25, 0.3) is 5.91 Å². The number of piperidine rings is 1. The zero-order valence-electron chi connectivity index (χ0n) is 20.6. The van der Waals surface area contributed by atoms with Crippen molar-refractivity contribution >= 4 is 5.91 Å². The van der Waals surface area contributed by atoms with E-state index >= 15 is 0 Å². The van der Waals surface area contributed by atoms with Crippen LogP contribution in [0.3, 0.4) is 0 Å². The maximum absolute atomic E-state index is 13.6. The second-order valence-corrected chi connectivity index (χ2v) is 9.78. The molecule has 5 rings (SSSR count). The monoisotopic (exact) mass is 469 g/mol. The van der Waals surface area contributed by atoms with Gasteiger partial charge in [0.15, 0.2) is 5.82 Å². The van der Waals surface area contributed by atoms with Crippen LogP contribution < -0.4 is 4.74 Å². The number of carbonyl (C=O) groups excluding carboxylic acids is 1. The molecule has 7 nitrogen and oxygen atoms in total. The summed E-state index contributed by atoms with van der Waals surface area (Å²) in [6.45, 7) is 5.34. The van der Waals surface area contributed by atoms with Crippen LogP contribution in [0.2, 0.25) is 0 Å². The first-order valence-electron chi connectivity index (χ1n) is 12.4. The van der Waals surface area contributed by atoms with E-state index in [-0.39, 0.29) is 5.91 Å². The summed E-state index contributed by atoms with van der Waals surface area (Å²) < 4.78 is 5.39. The predicted octanol–water partition coefficient (Wildman–Crippen LogP) is 5.26. The molecule has 1 aliphatic carbocycles. The smallest absolute Gasteiger partial charge is 0.254 e. The molecule has 1 saturated heterocycles. The van der Waals surface area contributed by atoms with Gasteiger partial charge >= 0.3 is 0 Å². The van der Waals surface area contributed by atoms with E-state index in [1.165, 1.54) is 24.8 Å². The Balaban J connectivity index is 1.36. The average Bonchev–Trinajstić information content (AvgIpc) is 3.28. The summed E-state index contributed by atoms with van der Waals surface area (Å²) in [4.78, 5) is 18.9. The number of nitrogens with one attached hydrogen (secondary N) is 1. The molecule has 0 bridgehead atoms. The highest BCUT2D eigenvalue weighted by Gasteiger charge is 2.29. The third-order valence-corrected chi connectivity index (χ3v) is 7.63. The predicted molar refractivity (Wildman–Crippen MR) is 133 cm³/mol. The fourth-order valence-electron chi connectivity index (χ4n) is 5.33. The number of nitrogens with zero attached hydrogens (tertiary/aromatic N) is 4. The summed E-state index contributed by atoms with van der Waals surface area (Å²) in [6.07, 6.45) is 5.38. The van der Waals surface area contributed by atoms with Crippen molar-refractivity contribution < 1.29 is 9.53 Å². The zero-order valence-corrected chi connectivity index (χ0v) is 20.6. The highest BCUT2D eigenvalue weighted by Crippen LogP contribution is 2.42. The standard InChI is InChI=1S/C28H31N5O2/c1-17-13-24(20-5-4-6-20)25(27-30-18(2)31-32-27)15-23(17)28(34)33-11-9-19(10-12-33)21-7-8-22(16-29)26(14-21)35-3/h7-8,13-15,19-20H,4-6,9-12H2,1-3H3,(H,30,31,32). The molecule has 0 atom stereocenters. The van der Waals surface area contributed by atoms with E-state index in [1.54, 1.807) is 7.11 Å². The topological polar surface area (TPSA) is 94.9 Å². The van der Waals surface area contributed by atoms with Crippen LogP contribution in [-0.4, -0.2) is 46.2 Å². The van der Waals surface area contributed by atoms with E-state index in [2.05, 4.69) is 27.3 Å². The molecule has 1 aromatic heterocycles. The van der Waals surface area contributed by atoms with Gasteiger partial charge in [0.2, 0.25) is 0 Å². The number of carbonyl (C=O) groups is 1. The number of methoxy groups -OCH3 is 1. The summed E-state index contributed by atoms with van der Waals surface area (Å²) in [5.41, 5.74) is 5.75. The van der Waals surface area contributed by atoms with Crippen LogP contribution in [-0.2, 0) is 0 Å². The molecular weight excluding hydrogens is 438 g/mol. The van der Waals surface area contributed by atoms with Crippen molar-refractivity contribution in [3.63, 3.8) is 0 Å². The van der Waals surface area contributed by atoms with Crippen molar-refractivity contribution in [3.05, 3.63) is 64.0 Å². The lowest BCUT2D eigenvalue weighted by molar-refractivity contribution is 0.0712. The molecule has 35 heavy (non-hydrogen) atoms. The Bertz CT molecular complexity index is 1290. The normalized spacial score (nSPS) is 16.6. The van der Waals surface area contributed by atoms with Crippen LogP contribution in [0, 0.1) is 25.2 Å². The number of amides is 1. The SMILES string of the molecule is COc1cc(C2CCN(C(=O)c3cc(-c4nnc(C)[nH]4)c(C4CCC4)cc3C)CC2)ccc1C#N. The van der Waals surface area contributed by atoms with Gasteiger partial charge in [-0.25, -0.2) is 0 Å². The summed E-state index contributed by atoms with van der Waals surface area (Å²) in [6, 6.07) is 12.2. The van der Waals surface area contributed by atoms with Gasteiger partial charge in [0.05, 0.1) is 12.7 Å². The van der Waals surface area contributed by atoms with Gasteiger partial charge in [-0.3, -0.25) is 4.79 Å². The number of aryl methyl sites for hydroxylation is 2. The molecule has 1 amide bonds. The van der Waals surface area contributed by atoms with Gasteiger partial charge in [-0.1, -0.05) is 18.6 Å². The average molecular weight is 470 g/mol. The van der Waals surface area contributed by atoms with Crippen molar-refractivity contribution in [1.29, 1.82) is 5.26 Å². The van der Waals surface area contributed by atoms with Crippen LogP contribution >= 0.6 is 0 Å². The van der Waals surface area contributed by atoms with E-state index < -0.39 is 0 Å². The van der Waals surface area contributed by atoms with Crippen LogP contribution in [0.5, 0.6) is 5.75 Å². The number of benzene rings is 2. The molecule has 2 aliphatic rings. The van der Waals surface area contributed by atoms with E-state index in [9.17, 15) is 10.1 Å². The number of nitriles is 1. The number of aromatic nitrogens is 3. The first-order valence-corrected chi connectivity index (χ1v) is 12.4. The minimum absolute atomic E-state index is 0.0796. The molecule has 7 heteroatoms. The lowest BCUT2D eigenvalue weighted by atomic mass is 9.77. The van der Waals surface area contributed by atoms with Crippen molar-refractivity contribution in [1.82, 2.24) is 20.1 Å². The number of likely N-dealkylation sites (tertiary alicyclic amines) is 1. The summed E-state index contributed by atoms with van der Waals surface area (Å²) in [5.74, 6) is 3.08. The van der Waals surface area contributed by atoms with Gasteiger partial charge in [0, 0.05) is 24.2 Å². The lowest BCUT2D eigenvalue weighted by Gasteiger charge is -2.33.